The minimum absolute atomic E-state index is 0.689. The molecule has 102 valence electrons. The van der Waals surface area contributed by atoms with Gasteiger partial charge in [0.2, 0.25) is 0 Å². The standard InChI is InChI=1S/C17H13N3S/c1-11-7-8-14-13(10-11)19-17(21)20(14)15-6-2-4-12-5-3-9-18-16(12)15/h2-10H,1H3,(H,19,21). The van der Waals surface area contributed by atoms with Crippen LogP contribution in [0.15, 0.2) is 54.7 Å². The molecule has 4 aromatic rings. The van der Waals surface area contributed by atoms with E-state index in [2.05, 4.69) is 57.9 Å². The first kappa shape index (κ1) is 12.3. The first-order valence-corrected chi connectivity index (χ1v) is 7.20. The number of aryl methyl sites for hydroxylation is 1. The maximum atomic E-state index is 5.52. The van der Waals surface area contributed by atoms with Crippen LogP contribution < -0.4 is 0 Å². The lowest BCUT2D eigenvalue weighted by Gasteiger charge is -2.08. The van der Waals surface area contributed by atoms with Gasteiger partial charge in [0.05, 0.1) is 22.2 Å². The molecule has 0 saturated carbocycles. The normalized spacial score (nSPS) is 11.3. The number of benzene rings is 2. The lowest BCUT2D eigenvalue weighted by Crippen LogP contribution is -1.96. The number of imidazole rings is 1. The van der Waals surface area contributed by atoms with Crippen LogP contribution in [0.1, 0.15) is 5.56 Å². The molecule has 1 N–H and O–H groups in total. The summed E-state index contributed by atoms with van der Waals surface area (Å²) < 4.78 is 2.74. The number of nitrogens with one attached hydrogen (secondary N) is 1. The van der Waals surface area contributed by atoms with Gasteiger partial charge in [-0.2, -0.15) is 0 Å². The van der Waals surface area contributed by atoms with Crippen LogP contribution in [0.4, 0.5) is 0 Å². The highest BCUT2D eigenvalue weighted by Gasteiger charge is 2.10. The van der Waals surface area contributed by atoms with Crippen molar-refractivity contribution >= 4 is 34.2 Å². The lowest BCUT2D eigenvalue weighted by atomic mass is 10.2. The van der Waals surface area contributed by atoms with Crippen LogP contribution in [0.3, 0.4) is 0 Å². The first-order valence-electron chi connectivity index (χ1n) is 6.79. The van der Waals surface area contributed by atoms with Gasteiger partial charge in [-0.3, -0.25) is 9.55 Å². The zero-order valence-corrected chi connectivity index (χ0v) is 12.3. The number of para-hydroxylation sites is 1. The Labute approximate surface area is 126 Å². The van der Waals surface area contributed by atoms with Crippen molar-refractivity contribution in [2.45, 2.75) is 6.92 Å². The van der Waals surface area contributed by atoms with E-state index in [0.717, 1.165) is 27.6 Å². The summed E-state index contributed by atoms with van der Waals surface area (Å²) in [5.74, 6) is 0. The maximum absolute atomic E-state index is 5.52. The van der Waals surface area contributed by atoms with Crippen LogP contribution in [-0.4, -0.2) is 14.5 Å². The van der Waals surface area contributed by atoms with Crippen molar-refractivity contribution in [3.8, 4) is 5.69 Å². The highest BCUT2D eigenvalue weighted by Crippen LogP contribution is 2.25. The van der Waals surface area contributed by atoms with Crippen LogP contribution in [-0.2, 0) is 0 Å². The van der Waals surface area contributed by atoms with E-state index in [1.807, 2.05) is 18.3 Å². The molecule has 0 amide bonds. The van der Waals surface area contributed by atoms with Gasteiger partial charge in [0.25, 0.3) is 0 Å². The summed E-state index contributed by atoms with van der Waals surface area (Å²) in [7, 11) is 0. The van der Waals surface area contributed by atoms with E-state index in [4.69, 9.17) is 12.2 Å². The molecule has 0 atom stereocenters. The summed E-state index contributed by atoms with van der Waals surface area (Å²) in [6.45, 7) is 2.08. The van der Waals surface area contributed by atoms with Crippen molar-refractivity contribution in [1.29, 1.82) is 0 Å². The van der Waals surface area contributed by atoms with E-state index in [1.165, 1.54) is 5.56 Å². The largest absolute Gasteiger partial charge is 0.330 e. The smallest absolute Gasteiger partial charge is 0.182 e. The van der Waals surface area contributed by atoms with Gasteiger partial charge >= 0.3 is 0 Å². The Morgan fingerprint density at radius 2 is 1.95 bits per heavy atom. The average molecular weight is 291 g/mol. The molecule has 0 bridgehead atoms. The minimum atomic E-state index is 0.689. The van der Waals surface area contributed by atoms with E-state index in [1.54, 1.807) is 0 Å². The molecular weight excluding hydrogens is 278 g/mol. The van der Waals surface area contributed by atoms with E-state index in [9.17, 15) is 0 Å². The van der Waals surface area contributed by atoms with Gasteiger partial charge in [0.15, 0.2) is 4.77 Å². The monoisotopic (exact) mass is 291 g/mol. The molecule has 0 unspecified atom stereocenters. The minimum Gasteiger partial charge on any atom is -0.330 e. The summed E-state index contributed by atoms with van der Waals surface area (Å²) in [5.41, 5.74) is 5.30. The second kappa shape index (κ2) is 4.53. The molecule has 3 nitrogen and oxygen atoms in total. The number of H-pyrrole nitrogens is 1. The summed E-state index contributed by atoms with van der Waals surface area (Å²) >= 11 is 5.52. The van der Waals surface area contributed by atoms with Gasteiger partial charge in [-0.1, -0.05) is 24.3 Å². The van der Waals surface area contributed by atoms with Crippen LogP contribution >= 0.6 is 12.2 Å². The highest BCUT2D eigenvalue weighted by atomic mass is 32.1. The third-order valence-electron chi connectivity index (χ3n) is 3.69. The quantitative estimate of drug-likeness (QED) is 0.522. The third kappa shape index (κ3) is 1.87. The molecule has 4 rings (SSSR count). The fraction of sp³-hybridized carbons (Fsp3) is 0.0588. The Hall–Kier alpha value is -2.46. The number of aromatic amines is 1. The van der Waals surface area contributed by atoms with Crippen LogP contribution in [0.2, 0.25) is 0 Å². The molecular formula is C17H13N3S. The van der Waals surface area contributed by atoms with Crippen LogP contribution in [0.25, 0.3) is 27.6 Å². The Morgan fingerprint density at radius 3 is 2.86 bits per heavy atom. The second-order valence-electron chi connectivity index (χ2n) is 5.14. The fourth-order valence-corrected chi connectivity index (χ4v) is 3.04. The number of hydrogen-bond donors (Lipinski definition) is 1. The van der Waals surface area contributed by atoms with E-state index < -0.39 is 0 Å². The van der Waals surface area contributed by atoms with Crippen molar-refractivity contribution in [2.24, 2.45) is 0 Å². The van der Waals surface area contributed by atoms with Crippen LogP contribution in [0.5, 0.6) is 0 Å². The van der Waals surface area contributed by atoms with Crippen molar-refractivity contribution in [2.75, 3.05) is 0 Å². The molecule has 2 heterocycles. The number of rotatable bonds is 1. The van der Waals surface area contributed by atoms with Gasteiger partial charge < -0.3 is 4.98 Å². The molecule has 0 spiro atoms. The lowest BCUT2D eigenvalue weighted by molar-refractivity contribution is 1.07. The molecule has 21 heavy (non-hydrogen) atoms. The summed E-state index contributed by atoms with van der Waals surface area (Å²) in [5, 5.41) is 1.11. The summed E-state index contributed by atoms with van der Waals surface area (Å²) in [6.07, 6.45) is 1.81. The number of nitrogens with zero attached hydrogens (tertiary/aromatic N) is 2. The summed E-state index contributed by atoms with van der Waals surface area (Å²) in [6, 6.07) is 16.5. The van der Waals surface area contributed by atoms with Gasteiger partial charge in [-0.25, -0.2) is 0 Å². The average Bonchev–Trinajstić information content (AvgIpc) is 2.81. The SMILES string of the molecule is Cc1ccc2c(c1)[nH]c(=S)n2-c1cccc2cccnc12. The molecule has 0 aliphatic carbocycles. The molecule has 0 aliphatic rings. The Morgan fingerprint density at radius 1 is 1.10 bits per heavy atom. The number of pyridine rings is 1. The highest BCUT2D eigenvalue weighted by molar-refractivity contribution is 7.71. The van der Waals surface area contributed by atoms with E-state index in [-0.39, 0.29) is 0 Å². The molecule has 0 fully saturated rings. The van der Waals surface area contributed by atoms with Gasteiger partial charge in [0.1, 0.15) is 0 Å². The zero-order chi connectivity index (χ0) is 14.4. The molecule has 0 radical (unpaired) electrons. The molecule has 4 heteroatoms. The van der Waals surface area contributed by atoms with Crippen molar-refractivity contribution in [1.82, 2.24) is 14.5 Å². The number of aromatic nitrogens is 3. The molecule has 2 aromatic carbocycles. The predicted molar refractivity (Wildman–Crippen MR) is 88.5 cm³/mol. The van der Waals surface area contributed by atoms with Gasteiger partial charge in [0, 0.05) is 11.6 Å². The predicted octanol–water partition coefficient (Wildman–Crippen LogP) is 4.54. The van der Waals surface area contributed by atoms with Gasteiger partial charge in [-0.15, -0.1) is 0 Å². The van der Waals surface area contributed by atoms with E-state index >= 15 is 0 Å². The first-order chi connectivity index (χ1) is 10.2. The number of fused-ring (bicyclic) bond motifs is 2. The maximum Gasteiger partial charge on any atom is 0.182 e. The number of hydrogen-bond acceptors (Lipinski definition) is 2. The molecule has 0 aliphatic heterocycles. The topological polar surface area (TPSA) is 33.6 Å². The Kier molecular flexibility index (Phi) is 2.65. The Balaban J connectivity index is 2.14. The van der Waals surface area contributed by atoms with Crippen molar-refractivity contribution < 1.29 is 0 Å². The van der Waals surface area contributed by atoms with Gasteiger partial charge in [-0.05, 0) is 49.0 Å². The third-order valence-corrected chi connectivity index (χ3v) is 3.97. The Bertz CT molecular complexity index is 1020. The summed E-state index contributed by atoms with van der Waals surface area (Å²) in [4.78, 5) is 7.80. The van der Waals surface area contributed by atoms with Crippen molar-refractivity contribution in [3.63, 3.8) is 0 Å². The van der Waals surface area contributed by atoms with E-state index in [0.29, 0.717) is 4.77 Å². The second-order valence-corrected chi connectivity index (χ2v) is 5.53. The van der Waals surface area contributed by atoms with Crippen LogP contribution in [0, 0.1) is 11.7 Å². The zero-order valence-electron chi connectivity index (χ0n) is 11.5. The molecule has 2 aromatic heterocycles. The fourth-order valence-electron chi connectivity index (χ4n) is 2.73. The van der Waals surface area contributed by atoms with Crippen molar-refractivity contribution in [3.05, 3.63) is 65.1 Å². The molecule has 0 saturated heterocycles.